The predicted molar refractivity (Wildman–Crippen MR) is 67.3 cm³/mol. The van der Waals surface area contributed by atoms with Crippen molar-refractivity contribution in [3.05, 3.63) is 48.3 Å². The van der Waals surface area contributed by atoms with Crippen LogP contribution >= 0.6 is 0 Å². The number of benzene rings is 1. The van der Waals surface area contributed by atoms with Crippen molar-refractivity contribution in [3.63, 3.8) is 0 Å². The Labute approximate surface area is 105 Å². The molecular formula is C13H14N4O. The molecule has 1 amide bonds. The first-order valence-electron chi connectivity index (χ1n) is 5.96. The second kappa shape index (κ2) is 4.62. The number of hydrogen-bond donors (Lipinski definition) is 2. The summed E-state index contributed by atoms with van der Waals surface area (Å²) in [6.07, 6.45) is 3.62. The van der Waals surface area contributed by atoms with E-state index in [9.17, 15) is 4.79 Å². The Morgan fingerprint density at radius 1 is 1.22 bits per heavy atom. The van der Waals surface area contributed by atoms with E-state index in [0.29, 0.717) is 6.54 Å². The lowest BCUT2D eigenvalue weighted by molar-refractivity contribution is -0.124. The molecular weight excluding hydrogens is 228 g/mol. The zero-order valence-corrected chi connectivity index (χ0v) is 9.84. The lowest BCUT2D eigenvalue weighted by Gasteiger charge is -2.22. The Morgan fingerprint density at radius 3 is 2.83 bits per heavy atom. The van der Waals surface area contributed by atoms with Crippen LogP contribution in [-0.4, -0.2) is 28.8 Å². The van der Waals surface area contributed by atoms with Crippen molar-refractivity contribution in [2.45, 2.75) is 6.04 Å². The van der Waals surface area contributed by atoms with Crippen molar-refractivity contribution < 1.29 is 4.79 Å². The molecule has 1 fully saturated rings. The second-order valence-electron chi connectivity index (χ2n) is 4.23. The Morgan fingerprint density at radius 2 is 2.06 bits per heavy atom. The Hall–Kier alpha value is -2.14. The largest absolute Gasteiger partial charge is 0.353 e. The van der Waals surface area contributed by atoms with Gasteiger partial charge in [0.05, 0.1) is 11.9 Å². The van der Waals surface area contributed by atoms with Crippen molar-refractivity contribution >= 4 is 5.91 Å². The molecule has 2 N–H and O–H groups in total. The molecule has 0 spiro atoms. The highest BCUT2D eigenvalue weighted by atomic mass is 16.2. The number of piperazine rings is 1. The first kappa shape index (κ1) is 11.0. The standard InChI is InChI=1S/C13H14N4O/c18-13-12(14-6-7-15-13)10-8-16-17(9-10)11-4-2-1-3-5-11/h1-5,8-9,12,14H,6-7H2,(H,15,18). The van der Waals surface area contributed by atoms with Crippen LogP contribution in [0.2, 0.25) is 0 Å². The number of aromatic nitrogens is 2. The van der Waals surface area contributed by atoms with Crippen molar-refractivity contribution in [2.24, 2.45) is 0 Å². The van der Waals surface area contributed by atoms with Crippen molar-refractivity contribution in [1.29, 1.82) is 0 Å². The molecule has 2 aromatic rings. The van der Waals surface area contributed by atoms with Gasteiger partial charge in [-0.3, -0.25) is 4.79 Å². The van der Waals surface area contributed by atoms with Gasteiger partial charge in [-0.05, 0) is 12.1 Å². The number of para-hydroxylation sites is 1. The SMILES string of the molecule is O=C1NCCNC1c1cnn(-c2ccccc2)c1. The van der Waals surface area contributed by atoms with Gasteiger partial charge in [0.1, 0.15) is 6.04 Å². The van der Waals surface area contributed by atoms with E-state index in [2.05, 4.69) is 15.7 Å². The topological polar surface area (TPSA) is 59.0 Å². The first-order valence-corrected chi connectivity index (χ1v) is 5.96. The summed E-state index contributed by atoms with van der Waals surface area (Å²) in [5.74, 6) is 0.00821. The molecule has 0 saturated carbocycles. The van der Waals surface area contributed by atoms with Gasteiger partial charge in [0, 0.05) is 24.8 Å². The van der Waals surface area contributed by atoms with E-state index in [1.165, 1.54) is 0 Å². The highest BCUT2D eigenvalue weighted by Gasteiger charge is 2.24. The van der Waals surface area contributed by atoms with Crippen LogP contribution in [-0.2, 0) is 4.79 Å². The molecule has 1 aromatic carbocycles. The minimum absolute atomic E-state index is 0.00821. The van der Waals surface area contributed by atoms with Crippen LogP contribution in [0.5, 0.6) is 0 Å². The first-order chi connectivity index (χ1) is 8.84. The van der Waals surface area contributed by atoms with E-state index in [0.717, 1.165) is 17.8 Å². The lowest BCUT2D eigenvalue weighted by atomic mass is 10.1. The van der Waals surface area contributed by atoms with Gasteiger partial charge in [-0.1, -0.05) is 18.2 Å². The summed E-state index contributed by atoms with van der Waals surface area (Å²) in [5.41, 5.74) is 1.87. The third kappa shape index (κ3) is 2.00. The van der Waals surface area contributed by atoms with Crippen LogP contribution < -0.4 is 10.6 Å². The third-order valence-electron chi connectivity index (χ3n) is 2.99. The molecule has 0 bridgehead atoms. The number of hydrogen-bond acceptors (Lipinski definition) is 3. The molecule has 5 nitrogen and oxygen atoms in total. The van der Waals surface area contributed by atoms with E-state index < -0.39 is 0 Å². The van der Waals surface area contributed by atoms with Crippen molar-refractivity contribution in [2.75, 3.05) is 13.1 Å². The normalized spacial score (nSPS) is 19.6. The Balaban J connectivity index is 1.87. The van der Waals surface area contributed by atoms with Crippen LogP contribution in [0.1, 0.15) is 11.6 Å². The van der Waals surface area contributed by atoms with Gasteiger partial charge in [0.15, 0.2) is 0 Å². The van der Waals surface area contributed by atoms with E-state index in [4.69, 9.17) is 0 Å². The molecule has 5 heteroatoms. The van der Waals surface area contributed by atoms with E-state index in [1.807, 2.05) is 36.5 Å². The maximum atomic E-state index is 11.7. The van der Waals surface area contributed by atoms with E-state index in [1.54, 1.807) is 10.9 Å². The Kier molecular flexibility index (Phi) is 2.82. The summed E-state index contributed by atoms with van der Waals surface area (Å²) < 4.78 is 1.78. The molecule has 3 rings (SSSR count). The molecule has 1 unspecified atom stereocenters. The van der Waals surface area contributed by atoms with Crippen molar-refractivity contribution in [1.82, 2.24) is 20.4 Å². The fourth-order valence-corrected chi connectivity index (χ4v) is 2.07. The summed E-state index contributed by atoms with van der Waals surface area (Å²) in [6.45, 7) is 1.47. The summed E-state index contributed by atoms with van der Waals surface area (Å²) >= 11 is 0. The lowest BCUT2D eigenvalue weighted by Crippen LogP contribution is -2.47. The monoisotopic (exact) mass is 242 g/mol. The molecule has 2 heterocycles. The third-order valence-corrected chi connectivity index (χ3v) is 2.99. The fourth-order valence-electron chi connectivity index (χ4n) is 2.07. The van der Waals surface area contributed by atoms with Crippen LogP contribution in [0, 0.1) is 0 Å². The summed E-state index contributed by atoms with van der Waals surface area (Å²) in [6, 6.07) is 9.54. The molecule has 92 valence electrons. The number of carbonyl (C=O) groups excluding carboxylic acids is 1. The summed E-state index contributed by atoms with van der Waals surface area (Å²) in [7, 11) is 0. The van der Waals surface area contributed by atoms with Crippen LogP contribution in [0.25, 0.3) is 5.69 Å². The molecule has 1 atom stereocenters. The van der Waals surface area contributed by atoms with Crippen LogP contribution in [0.3, 0.4) is 0 Å². The number of nitrogens with zero attached hydrogens (tertiary/aromatic N) is 2. The van der Waals surface area contributed by atoms with Crippen molar-refractivity contribution in [3.8, 4) is 5.69 Å². The number of carbonyl (C=O) groups is 1. The van der Waals surface area contributed by atoms with Gasteiger partial charge in [-0.15, -0.1) is 0 Å². The number of rotatable bonds is 2. The molecule has 1 aliphatic heterocycles. The van der Waals surface area contributed by atoms with Gasteiger partial charge < -0.3 is 10.6 Å². The van der Waals surface area contributed by atoms with Gasteiger partial charge in [-0.25, -0.2) is 4.68 Å². The van der Waals surface area contributed by atoms with Gasteiger partial charge in [0.25, 0.3) is 0 Å². The second-order valence-corrected chi connectivity index (χ2v) is 4.23. The average molecular weight is 242 g/mol. The van der Waals surface area contributed by atoms with Crippen LogP contribution in [0.15, 0.2) is 42.7 Å². The fraction of sp³-hybridized carbons (Fsp3) is 0.231. The van der Waals surface area contributed by atoms with E-state index >= 15 is 0 Å². The highest BCUT2D eigenvalue weighted by Crippen LogP contribution is 2.16. The highest BCUT2D eigenvalue weighted by molar-refractivity contribution is 5.83. The van der Waals surface area contributed by atoms with E-state index in [-0.39, 0.29) is 11.9 Å². The minimum atomic E-state index is -0.295. The molecule has 0 aliphatic carbocycles. The maximum absolute atomic E-state index is 11.7. The average Bonchev–Trinajstić information content (AvgIpc) is 2.90. The predicted octanol–water partition coefficient (Wildman–Crippen LogP) is 0.633. The smallest absolute Gasteiger partial charge is 0.241 e. The van der Waals surface area contributed by atoms with Gasteiger partial charge in [0.2, 0.25) is 5.91 Å². The molecule has 18 heavy (non-hydrogen) atoms. The molecule has 1 aromatic heterocycles. The zero-order chi connectivity index (χ0) is 12.4. The summed E-state index contributed by atoms with van der Waals surface area (Å²) in [5, 5.41) is 10.3. The van der Waals surface area contributed by atoms with Crippen LogP contribution in [0.4, 0.5) is 0 Å². The quantitative estimate of drug-likeness (QED) is 0.812. The maximum Gasteiger partial charge on any atom is 0.241 e. The molecule has 1 saturated heterocycles. The Bertz CT molecular complexity index is 549. The molecule has 1 aliphatic rings. The number of nitrogens with one attached hydrogen (secondary N) is 2. The summed E-state index contributed by atoms with van der Waals surface area (Å²) in [4.78, 5) is 11.7. The number of amides is 1. The molecule has 0 radical (unpaired) electrons. The van der Waals surface area contributed by atoms with Gasteiger partial charge >= 0.3 is 0 Å². The zero-order valence-electron chi connectivity index (χ0n) is 9.84. The minimum Gasteiger partial charge on any atom is -0.353 e. The van der Waals surface area contributed by atoms with Gasteiger partial charge in [-0.2, -0.15) is 5.10 Å².